The predicted octanol–water partition coefficient (Wildman–Crippen LogP) is 3.54. The van der Waals surface area contributed by atoms with Crippen LogP contribution in [0.5, 0.6) is 0 Å². The minimum Gasteiger partial charge on any atom is -0.512 e. The summed E-state index contributed by atoms with van der Waals surface area (Å²) in [6.07, 6.45) is 3.71. The zero-order valence-corrected chi connectivity index (χ0v) is 10.1. The van der Waals surface area contributed by atoms with Crippen LogP contribution in [0, 0.1) is 5.41 Å². The molecule has 0 aromatic rings. The summed E-state index contributed by atoms with van der Waals surface area (Å²) >= 11 is 0. The Hall–Kier alpha value is -1.05. The molecule has 0 fully saturated rings. The highest BCUT2D eigenvalue weighted by atomic mass is 16.3. The SMILES string of the molecule is CC1=CC(=C(O)CC(C)(C)C)CCC1=O. The van der Waals surface area contributed by atoms with Gasteiger partial charge in [-0.1, -0.05) is 20.8 Å². The van der Waals surface area contributed by atoms with Crippen LogP contribution < -0.4 is 0 Å². The Labute approximate surface area is 91.7 Å². The molecule has 0 spiro atoms. The van der Waals surface area contributed by atoms with Gasteiger partial charge < -0.3 is 5.11 Å². The fraction of sp³-hybridized carbons (Fsp3) is 0.615. The third-order valence-electron chi connectivity index (χ3n) is 2.52. The van der Waals surface area contributed by atoms with Crippen molar-refractivity contribution in [1.29, 1.82) is 0 Å². The smallest absolute Gasteiger partial charge is 0.158 e. The average molecular weight is 208 g/mol. The summed E-state index contributed by atoms with van der Waals surface area (Å²) in [6.45, 7) is 8.09. The van der Waals surface area contributed by atoms with E-state index in [0.29, 0.717) is 25.0 Å². The summed E-state index contributed by atoms with van der Waals surface area (Å²) in [5, 5.41) is 9.94. The van der Waals surface area contributed by atoms with E-state index in [-0.39, 0.29) is 11.2 Å². The maximum Gasteiger partial charge on any atom is 0.158 e. The van der Waals surface area contributed by atoms with Crippen LogP contribution in [0.3, 0.4) is 0 Å². The van der Waals surface area contributed by atoms with Crippen LogP contribution in [-0.4, -0.2) is 10.9 Å². The molecule has 0 unspecified atom stereocenters. The summed E-state index contributed by atoms with van der Waals surface area (Å²) in [7, 11) is 0. The second-order valence-corrected chi connectivity index (χ2v) is 5.46. The van der Waals surface area contributed by atoms with Gasteiger partial charge in [0, 0.05) is 12.8 Å². The van der Waals surface area contributed by atoms with E-state index in [9.17, 15) is 9.90 Å². The number of allylic oxidation sites excluding steroid dienone is 4. The number of hydrogen-bond acceptors (Lipinski definition) is 2. The highest BCUT2D eigenvalue weighted by Gasteiger charge is 2.19. The number of aliphatic hydroxyl groups is 1. The second-order valence-electron chi connectivity index (χ2n) is 5.46. The van der Waals surface area contributed by atoms with Crippen molar-refractivity contribution < 1.29 is 9.90 Å². The molecule has 2 heteroatoms. The van der Waals surface area contributed by atoms with Gasteiger partial charge >= 0.3 is 0 Å². The lowest BCUT2D eigenvalue weighted by Crippen LogP contribution is -2.11. The molecule has 1 rings (SSSR count). The van der Waals surface area contributed by atoms with E-state index in [1.807, 2.05) is 13.0 Å². The Morgan fingerprint density at radius 3 is 2.47 bits per heavy atom. The van der Waals surface area contributed by atoms with Crippen molar-refractivity contribution >= 4 is 5.78 Å². The molecular formula is C13H20O2. The minimum absolute atomic E-state index is 0.0836. The molecule has 2 nitrogen and oxygen atoms in total. The Morgan fingerprint density at radius 2 is 2.00 bits per heavy atom. The lowest BCUT2D eigenvalue weighted by molar-refractivity contribution is -0.115. The Morgan fingerprint density at radius 1 is 1.40 bits per heavy atom. The summed E-state index contributed by atoms with van der Waals surface area (Å²) in [5.41, 5.74) is 1.78. The highest BCUT2D eigenvalue weighted by Crippen LogP contribution is 2.28. The number of Topliss-reactive ketones (excluding diaryl/α,β-unsaturated/α-hetero) is 1. The van der Waals surface area contributed by atoms with Gasteiger partial charge in [-0.25, -0.2) is 0 Å². The van der Waals surface area contributed by atoms with Gasteiger partial charge in [-0.15, -0.1) is 0 Å². The largest absolute Gasteiger partial charge is 0.512 e. The van der Waals surface area contributed by atoms with Crippen LogP contribution in [0.1, 0.15) is 47.0 Å². The van der Waals surface area contributed by atoms with Gasteiger partial charge in [0.15, 0.2) is 5.78 Å². The zero-order chi connectivity index (χ0) is 11.6. The van der Waals surface area contributed by atoms with Crippen molar-refractivity contribution in [3.63, 3.8) is 0 Å². The zero-order valence-electron chi connectivity index (χ0n) is 10.1. The van der Waals surface area contributed by atoms with Crippen LogP contribution in [0.4, 0.5) is 0 Å². The van der Waals surface area contributed by atoms with E-state index in [1.165, 1.54) is 0 Å². The second kappa shape index (κ2) is 4.21. The Balaban J connectivity index is 2.87. The van der Waals surface area contributed by atoms with Crippen LogP contribution in [-0.2, 0) is 4.79 Å². The fourth-order valence-electron chi connectivity index (χ4n) is 1.70. The first-order valence-electron chi connectivity index (χ1n) is 5.42. The molecule has 0 aromatic carbocycles. The Kier molecular flexibility index (Phi) is 3.38. The fourth-order valence-corrected chi connectivity index (χ4v) is 1.70. The van der Waals surface area contributed by atoms with Gasteiger partial charge in [0.2, 0.25) is 0 Å². The van der Waals surface area contributed by atoms with Crippen molar-refractivity contribution in [3.8, 4) is 0 Å². The summed E-state index contributed by atoms with van der Waals surface area (Å²) in [4.78, 5) is 11.3. The van der Waals surface area contributed by atoms with Crippen molar-refractivity contribution in [2.24, 2.45) is 5.41 Å². The van der Waals surface area contributed by atoms with Crippen LogP contribution in [0.15, 0.2) is 23.0 Å². The van der Waals surface area contributed by atoms with Gasteiger partial charge in [-0.05, 0) is 36.0 Å². The van der Waals surface area contributed by atoms with E-state index >= 15 is 0 Å². The molecular weight excluding hydrogens is 188 g/mol. The third kappa shape index (κ3) is 3.54. The first-order valence-corrected chi connectivity index (χ1v) is 5.42. The van der Waals surface area contributed by atoms with Gasteiger partial charge in [-0.3, -0.25) is 4.79 Å². The predicted molar refractivity (Wildman–Crippen MR) is 61.7 cm³/mol. The van der Waals surface area contributed by atoms with Gasteiger partial charge in [0.05, 0.1) is 5.76 Å². The van der Waals surface area contributed by atoms with Crippen LogP contribution in [0.2, 0.25) is 0 Å². The van der Waals surface area contributed by atoms with Crippen LogP contribution in [0.25, 0.3) is 0 Å². The van der Waals surface area contributed by atoms with Crippen LogP contribution >= 0.6 is 0 Å². The Bertz CT molecular complexity index is 327. The molecule has 0 radical (unpaired) electrons. The lowest BCUT2D eigenvalue weighted by atomic mass is 9.87. The average Bonchev–Trinajstić information content (AvgIpc) is 2.06. The van der Waals surface area contributed by atoms with E-state index < -0.39 is 0 Å². The third-order valence-corrected chi connectivity index (χ3v) is 2.52. The van der Waals surface area contributed by atoms with E-state index in [4.69, 9.17) is 0 Å². The van der Waals surface area contributed by atoms with E-state index in [2.05, 4.69) is 20.8 Å². The number of hydrogen-bond donors (Lipinski definition) is 1. The maximum absolute atomic E-state index is 11.3. The topological polar surface area (TPSA) is 37.3 Å². The van der Waals surface area contributed by atoms with Crippen molar-refractivity contribution in [2.45, 2.75) is 47.0 Å². The van der Waals surface area contributed by atoms with E-state index in [0.717, 1.165) is 11.1 Å². The number of carbonyl (C=O) groups excluding carboxylic acids is 1. The number of carbonyl (C=O) groups is 1. The standard InChI is InChI=1S/C13H20O2/c1-9-7-10(5-6-11(9)14)12(15)8-13(2,3)4/h7,15H,5-6,8H2,1-4H3. The lowest BCUT2D eigenvalue weighted by Gasteiger charge is -2.20. The molecule has 84 valence electrons. The van der Waals surface area contributed by atoms with Crippen molar-refractivity contribution in [3.05, 3.63) is 23.0 Å². The molecule has 0 aliphatic heterocycles. The maximum atomic E-state index is 11.3. The summed E-state index contributed by atoms with van der Waals surface area (Å²) in [5.74, 6) is 0.636. The molecule has 0 heterocycles. The molecule has 0 aromatic heterocycles. The van der Waals surface area contributed by atoms with Gasteiger partial charge in [0.1, 0.15) is 0 Å². The molecule has 0 saturated heterocycles. The molecule has 15 heavy (non-hydrogen) atoms. The highest BCUT2D eigenvalue weighted by molar-refractivity contribution is 5.96. The van der Waals surface area contributed by atoms with Crippen molar-refractivity contribution in [1.82, 2.24) is 0 Å². The minimum atomic E-state index is 0.0836. The molecule has 1 aliphatic carbocycles. The monoisotopic (exact) mass is 208 g/mol. The first-order chi connectivity index (χ1) is 6.79. The summed E-state index contributed by atoms with van der Waals surface area (Å²) in [6, 6.07) is 0. The van der Waals surface area contributed by atoms with Gasteiger partial charge in [-0.2, -0.15) is 0 Å². The number of ketones is 1. The molecule has 0 amide bonds. The van der Waals surface area contributed by atoms with Gasteiger partial charge in [0.25, 0.3) is 0 Å². The summed E-state index contributed by atoms with van der Waals surface area (Å²) < 4.78 is 0. The molecule has 0 bridgehead atoms. The quantitative estimate of drug-likeness (QED) is 0.669. The first kappa shape index (κ1) is 12.0. The van der Waals surface area contributed by atoms with E-state index in [1.54, 1.807) is 0 Å². The molecule has 1 aliphatic rings. The molecule has 0 saturated carbocycles. The molecule has 1 N–H and O–H groups in total. The number of aliphatic hydroxyl groups excluding tert-OH is 1. The molecule has 0 atom stereocenters. The normalized spacial score (nSPS) is 21.3. The number of rotatable bonds is 1. The van der Waals surface area contributed by atoms with Crippen molar-refractivity contribution in [2.75, 3.05) is 0 Å².